The molecule has 0 unspecified atom stereocenters. The third-order valence-corrected chi connectivity index (χ3v) is 3.75. The van der Waals surface area contributed by atoms with Crippen molar-refractivity contribution >= 4 is 17.6 Å². The summed E-state index contributed by atoms with van der Waals surface area (Å²) in [6.45, 7) is -3.04. The van der Waals surface area contributed by atoms with Gasteiger partial charge < -0.3 is 4.74 Å². The zero-order chi connectivity index (χ0) is 19.2. The average molecular weight is 368 g/mol. The third-order valence-electron chi connectivity index (χ3n) is 3.75. The number of ether oxygens (including phenoxy) is 1. The predicted molar refractivity (Wildman–Crippen MR) is 98.9 cm³/mol. The van der Waals surface area contributed by atoms with Crippen LogP contribution in [0, 0.1) is 10.1 Å². The first kappa shape index (κ1) is 18.2. The third kappa shape index (κ3) is 4.72. The molecular weight excluding hydrogens is 354 g/mol. The van der Waals surface area contributed by atoms with Crippen molar-refractivity contribution in [3.63, 3.8) is 0 Å². The first-order valence-corrected chi connectivity index (χ1v) is 7.96. The van der Waals surface area contributed by atoms with E-state index in [0.29, 0.717) is 5.69 Å². The molecule has 0 atom stereocenters. The van der Waals surface area contributed by atoms with Gasteiger partial charge in [0.15, 0.2) is 0 Å². The first-order valence-electron chi connectivity index (χ1n) is 7.96. The molecule has 0 fully saturated rings. The van der Waals surface area contributed by atoms with Gasteiger partial charge in [-0.15, -0.1) is 0 Å². The molecule has 7 heteroatoms. The van der Waals surface area contributed by atoms with Gasteiger partial charge in [0.05, 0.1) is 10.6 Å². The van der Waals surface area contributed by atoms with Crippen molar-refractivity contribution in [1.29, 1.82) is 0 Å². The van der Waals surface area contributed by atoms with Crippen LogP contribution in [0.1, 0.15) is 5.56 Å². The second kappa shape index (κ2) is 8.18. The van der Waals surface area contributed by atoms with Crippen LogP contribution in [-0.4, -0.2) is 17.7 Å². The number of non-ortho nitro benzene ring substituents is 1. The van der Waals surface area contributed by atoms with Gasteiger partial charge in [-0.3, -0.25) is 15.1 Å². The topological polar surface area (TPSA) is 64.7 Å². The van der Waals surface area contributed by atoms with Crippen LogP contribution in [0.4, 0.5) is 20.2 Å². The van der Waals surface area contributed by atoms with E-state index < -0.39 is 11.5 Å². The van der Waals surface area contributed by atoms with Crippen molar-refractivity contribution in [2.75, 3.05) is 0 Å². The van der Waals surface area contributed by atoms with Crippen molar-refractivity contribution in [2.45, 2.75) is 6.61 Å². The number of nitro groups is 1. The first-order chi connectivity index (χ1) is 13.0. The van der Waals surface area contributed by atoms with E-state index in [4.69, 9.17) is 0 Å². The van der Waals surface area contributed by atoms with Crippen molar-refractivity contribution < 1.29 is 18.4 Å². The highest BCUT2D eigenvalue weighted by Crippen LogP contribution is 2.26. The maximum Gasteiger partial charge on any atom is 0.387 e. The van der Waals surface area contributed by atoms with E-state index in [-0.39, 0.29) is 17.0 Å². The lowest BCUT2D eigenvalue weighted by atomic mass is 10.1. The zero-order valence-corrected chi connectivity index (χ0v) is 14.0. The van der Waals surface area contributed by atoms with Crippen LogP contribution in [0.5, 0.6) is 5.75 Å². The molecule has 0 spiro atoms. The van der Waals surface area contributed by atoms with Crippen LogP contribution < -0.4 is 4.74 Å². The van der Waals surface area contributed by atoms with E-state index in [0.717, 1.165) is 29.3 Å². The quantitative estimate of drug-likeness (QED) is 0.322. The Kier molecular flexibility index (Phi) is 5.51. The number of nitrogens with zero attached hydrogens (tertiary/aromatic N) is 2. The highest BCUT2D eigenvalue weighted by molar-refractivity contribution is 5.86. The summed E-state index contributed by atoms with van der Waals surface area (Å²) in [6.07, 6.45) is 1.27. The molecule has 0 heterocycles. The largest absolute Gasteiger partial charge is 0.434 e. The fourth-order valence-electron chi connectivity index (χ4n) is 2.47. The van der Waals surface area contributed by atoms with Gasteiger partial charge in [-0.25, -0.2) is 0 Å². The van der Waals surface area contributed by atoms with Crippen LogP contribution in [-0.2, 0) is 0 Å². The minimum atomic E-state index is -3.04. The zero-order valence-electron chi connectivity index (χ0n) is 14.0. The summed E-state index contributed by atoms with van der Waals surface area (Å²) in [5, 5.41) is 10.9. The molecule has 3 aromatic rings. The van der Waals surface area contributed by atoms with E-state index in [9.17, 15) is 18.9 Å². The van der Waals surface area contributed by atoms with Crippen LogP contribution in [0.3, 0.4) is 0 Å². The summed E-state index contributed by atoms with van der Waals surface area (Å²) < 4.78 is 29.5. The Morgan fingerprint density at radius 3 is 2.26 bits per heavy atom. The Hall–Kier alpha value is -3.61. The highest BCUT2D eigenvalue weighted by Gasteiger charge is 2.13. The van der Waals surface area contributed by atoms with Gasteiger partial charge in [0, 0.05) is 23.9 Å². The van der Waals surface area contributed by atoms with Gasteiger partial charge in [-0.1, -0.05) is 42.5 Å². The lowest BCUT2D eigenvalue weighted by Gasteiger charge is -2.07. The molecule has 27 heavy (non-hydrogen) atoms. The normalized spacial score (nSPS) is 11.1. The Labute approximate surface area is 153 Å². The monoisotopic (exact) mass is 368 g/mol. The maximum absolute atomic E-state index is 12.5. The average Bonchev–Trinajstić information content (AvgIpc) is 2.67. The van der Waals surface area contributed by atoms with Gasteiger partial charge in [0.2, 0.25) is 0 Å². The molecule has 0 aliphatic carbocycles. The SMILES string of the molecule is O=[N+]([O-])c1ccc(OC(F)F)c(/C=N\c2ccc(-c3ccccc3)cc2)c1. The van der Waals surface area contributed by atoms with E-state index in [1.165, 1.54) is 6.21 Å². The molecule has 136 valence electrons. The molecule has 0 saturated carbocycles. The number of aliphatic imine (C=N–C) groups is 1. The second-order valence-electron chi connectivity index (χ2n) is 5.53. The fraction of sp³-hybridized carbons (Fsp3) is 0.0500. The van der Waals surface area contributed by atoms with E-state index >= 15 is 0 Å². The Balaban J connectivity index is 1.86. The molecule has 0 radical (unpaired) electrons. The molecular formula is C20H14F2N2O3. The molecule has 5 nitrogen and oxygen atoms in total. The van der Waals surface area contributed by atoms with Crippen molar-refractivity contribution in [3.8, 4) is 16.9 Å². The molecule has 3 aromatic carbocycles. The van der Waals surface area contributed by atoms with E-state index in [2.05, 4.69) is 9.73 Å². The summed E-state index contributed by atoms with van der Waals surface area (Å²) >= 11 is 0. The molecule has 0 N–H and O–H groups in total. The minimum absolute atomic E-state index is 0.0941. The van der Waals surface area contributed by atoms with Crippen LogP contribution in [0.25, 0.3) is 11.1 Å². The summed E-state index contributed by atoms with van der Waals surface area (Å²) in [6, 6.07) is 20.4. The van der Waals surface area contributed by atoms with Crippen LogP contribution in [0.15, 0.2) is 77.8 Å². The number of hydrogen-bond acceptors (Lipinski definition) is 4. The van der Waals surface area contributed by atoms with Crippen molar-refractivity contribution in [2.24, 2.45) is 4.99 Å². The number of nitro benzene ring substituents is 1. The fourth-order valence-corrected chi connectivity index (χ4v) is 2.47. The maximum atomic E-state index is 12.5. The Bertz CT molecular complexity index is 959. The number of rotatable bonds is 6. The van der Waals surface area contributed by atoms with Crippen LogP contribution >= 0.6 is 0 Å². The predicted octanol–water partition coefficient (Wildman–Crippen LogP) is 5.61. The highest BCUT2D eigenvalue weighted by atomic mass is 19.3. The van der Waals surface area contributed by atoms with E-state index in [1.807, 2.05) is 42.5 Å². The van der Waals surface area contributed by atoms with Gasteiger partial charge in [0.1, 0.15) is 5.75 Å². The van der Waals surface area contributed by atoms with E-state index in [1.54, 1.807) is 12.1 Å². The van der Waals surface area contributed by atoms with Crippen molar-refractivity contribution in [3.05, 3.63) is 88.5 Å². The molecule has 0 saturated heterocycles. The summed E-state index contributed by atoms with van der Waals surface area (Å²) in [4.78, 5) is 14.5. The summed E-state index contributed by atoms with van der Waals surface area (Å²) in [5.41, 5.74) is 2.49. The molecule has 0 bridgehead atoms. The lowest BCUT2D eigenvalue weighted by Crippen LogP contribution is -2.04. The van der Waals surface area contributed by atoms with Gasteiger partial charge in [-0.2, -0.15) is 8.78 Å². The number of alkyl halides is 2. The Morgan fingerprint density at radius 1 is 0.963 bits per heavy atom. The van der Waals surface area contributed by atoms with Crippen LogP contribution in [0.2, 0.25) is 0 Å². The summed E-state index contributed by atoms with van der Waals surface area (Å²) in [7, 11) is 0. The standard InChI is InChI=1S/C20H14F2N2O3/c21-20(22)27-19-11-10-18(24(25)26)12-16(19)13-23-17-8-6-15(7-9-17)14-4-2-1-3-5-14/h1-13,20H/b23-13-. The lowest BCUT2D eigenvalue weighted by molar-refractivity contribution is -0.384. The molecule has 0 aromatic heterocycles. The van der Waals surface area contributed by atoms with Gasteiger partial charge >= 0.3 is 6.61 Å². The molecule has 3 rings (SSSR count). The number of benzene rings is 3. The molecule has 0 amide bonds. The molecule has 0 aliphatic rings. The van der Waals surface area contributed by atoms with Crippen molar-refractivity contribution in [1.82, 2.24) is 0 Å². The minimum Gasteiger partial charge on any atom is -0.434 e. The smallest absolute Gasteiger partial charge is 0.387 e. The van der Waals surface area contributed by atoms with Gasteiger partial charge in [-0.05, 0) is 29.3 Å². The summed E-state index contributed by atoms with van der Waals surface area (Å²) in [5.74, 6) is -0.180. The number of halogens is 2. The second-order valence-corrected chi connectivity index (χ2v) is 5.53. The van der Waals surface area contributed by atoms with Gasteiger partial charge in [0.25, 0.3) is 5.69 Å². The number of hydrogen-bond donors (Lipinski definition) is 0. The molecule has 0 aliphatic heterocycles. The Morgan fingerprint density at radius 2 is 1.63 bits per heavy atom.